The Bertz CT molecular complexity index is 303. The van der Waals surface area contributed by atoms with E-state index in [1.54, 1.807) is 19.1 Å². The van der Waals surface area contributed by atoms with Crippen LogP contribution in [-0.2, 0) is 9.53 Å². The largest absolute Gasteiger partial charge is 0.464 e. The van der Waals surface area contributed by atoms with Crippen molar-refractivity contribution in [1.29, 1.82) is 0 Å². The number of nitrogens with one attached hydrogen (secondary N) is 1. The summed E-state index contributed by atoms with van der Waals surface area (Å²) in [4.78, 5) is 10.9. The van der Waals surface area contributed by atoms with E-state index in [9.17, 15) is 9.18 Å². The summed E-state index contributed by atoms with van der Waals surface area (Å²) in [6.07, 6.45) is -1.62. The second kappa shape index (κ2) is 6.01. The summed E-state index contributed by atoms with van der Waals surface area (Å²) in [6.45, 7) is 1.78. The second-order valence-corrected chi connectivity index (χ2v) is 2.97. The quantitative estimate of drug-likeness (QED) is 0.757. The molecule has 1 atom stereocenters. The highest BCUT2D eigenvalue weighted by molar-refractivity contribution is 5.75. The molecule has 1 rings (SSSR count). The number of carbonyl (C=O) groups is 1. The van der Waals surface area contributed by atoms with Gasteiger partial charge < -0.3 is 10.1 Å². The Morgan fingerprint density at radius 1 is 1.47 bits per heavy atom. The summed E-state index contributed by atoms with van der Waals surface area (Å²) in [7, 11) is 0. The van der Waals surface area contributed by atoms with E-state index in [4.69, 9.17) is 0 Å². The van der Waals surface area contributed by atoms with E-state index in [1.807, 2.05) is 18.2 Å². The minimum absolute atomic E-state index is 0.0666. The molecule has 0 spiro atoms. The van der Waals surface area contributed by atoms with E-state index < -0.39 is 12.1 Å². The molecular weight excluding hydrogens is 197 g/mol. The molecule has 4 heteroatoms. The van der Waals surface area contributed by atoms with E-state index in [2.05, 4.69) is 10.1 Å². The molecule has 0 saturated carbocycles. The SMILES string of the molecule is CCOC(=O)C(F)CNc1ccccc1. The Balaban J connectivity index is 2.34. The predicted octanol–water partition coefficient (Wildman–Crippen LogP) is 2.00. The van der Waals surface area contributed by atoms with Crippen molar-refractivity contribution in [2.24, 2.45) is 0 Å². The molecule has 0 saturated heterocycles. The Labute approximate surface area is 88.2 Å². The van der Waals surface area contributed by atoms with Crippen LogP contribution in [-0.4, -0.2) is 25.3 Å². The number of halogens is 1. The summed E-state index contributed by atoms with van der Waals surface area (Å²) >= 11 is 0. The van der Waals surface area contributed by atoms with Gasteiger partial charge in [0, 0.05) is 5.69 Å². The average Bonchev–Trinajstić information content (AvgIpc) is 2.27. The van der Waals surface area contributed by atoms with Gasteiger partial charge in [-0.15, -0.1) is 0 Å². The lowest BCUT2D eigenvalue weighted by molar-refractivity contribution is -0.148. The standard InChI is InChI=1S/C11H14FNO2/c1-2-15-11(14)10(12)8-13-9-6-4-3-5-7-9/h3-7,10,13H,2,8H2,1H3. The lowest BCUT2D eigenvalue weighted by Crippen LogP contribution is -2.26. The molecule has 0 aliphatic carbocycles. The highest BCUT2D eigenvalue weighted by atomic mass is 19.1. The van der Waals surface area contributed by atoms with Gasteiger partial charge in [0.1, 0.15) is 0 Å². The third kappa shape index (κ3) is 3.97. The maximum Gasteiger partial charge on any atom is 0.342 e. The molecule has 1 N–H and O–H groups in total. The first-order valence-electron chi connectivity index (χ1n) is 4.83. The van der Waals surface area contributed by atoms with E-state index in [0.29, 0.717) is 0 Å². The van der Waals surface area contributed by atoms with Crippen LogP contribution < -0.4 is 5.32 Å². The highest BCUT2D eigenvalue weighted by Gasteiger charge is 2.17. The second-order valence-electron chi connectivity index (χ2n) is 2.97. The van der Waals surface area contributed by atoms with Crippen LogP contribution in [0.1, 0.15) is 6.92 Å². The lowest BCUT2D eigenvalue weighted by Gasteiger charge is -2.09. The highest BCUT2D eigenvalue weighted by Crippen LogP contribution is 2.06. The van der Waals surface area contributed by atoms with Crippen LogP contribution in [0.2, 0.25) is 0 Å². The summed E-state index contributed by atoms with van der Waals surface area (Å²) in [5, 5.41) is 2.81. The number of alkyl halides is 1. The third-order valence-electron chi connectivity index (χ3n) is 1.80. The first-order chi connectivity index (χ1) is 7.24. The molecule has 0 heterocycles. The molecule has 0 aromatic heterocycles. The van der Waals surface area contributed by atoms with Gasteiger partial charge in [-0.3, -0.25) is 0 Å². The fraction of sp³-hybridized carbons (Fsp3) is 0.364. The maximum atomic E-state index is 13.1. The van der Waals surface area contributed by atoms with Crippen LogP contribution in [0.4, 0.5) is 10.1 Å². The molecule has 82 valence electrons. The molecule has 0 aliphatic heterocycles. The van der Waals surface area contributed by atoms with Gasteiger partial charge in [0.15, 0.2) is 0 Å². The van der Waals surface area contributed by atoms with Crippen molar-refractivity contribution < 1.29 is 13.9 Å². The minimum atomic E-state index is -1.62. The monoisotopic (exact) mass is 211 g/mol. The summed E-state index contributed by atoms with van der Waals surface area (Å²) < 4.78 is 17.7. The van der Waals surface area contributed by atoms with Crippen molar-refractivity contribution in [3.05, 3.63) is 30.3 Å². The number of para-hydroxylation sites is 1. The van der Waals surface area contributed by atoms with Crippen LogP contribution in [0.3, 0.4) is 0 Å². The number of carbonyl (C=O) groups excluding carboxylic acids is 1. The molecule has 0 aliphatic rings. The maximum absolute atomic E-state index is 13.1. The van der Waals surface area contributed by atoms with Crippen molar-refractivity contribution in [1.82, 2.24) is 0 Å². The van der Waals surface area contributed by atoms with Gasteiger partial charge in [-0.25, -0.2) is 9.18 Å². The third-order valence-corrected chi connectivity index (χ3v) is 1.80. The van der Waals surface area contributed by atoms with Crippen molar-refractivity contribution >= 4 is 11.7 Å². The fourth-order valence-electron chi connectivity index (χ4n) is 1.08. The van der Waals surface area contributed by atoms with Crippen LogP contribution in [0.15, 0.2) is 30.3 Å². The van der Waals surface area contributed by atoms with Gasteiger partial charge in [0.25, 0.3) is 0 Å². The van der Waals surface area contributed by atoms with Gasteiger partial charge in [0.2, 0.25) is 6.17 Å². The minimum Gasteiger partial charge on any atom is -0.464 e. The first-order valence-corrected chi connectivity index (χ1v) is 4.83. The molecule has 0 bridgehead atoms. The van der Waals surface area contributed by atoms with Gasteiger partial charge in [0.05, 0.1) is 13.2 Å². The number of rotatable bonds is 5. The number of hydrogen-bond donors (Lipinski definition) is 1. The molecule has 0 fully saturated rings. The normalized spacial score (nSPS) is 11.9. The van der Waals surface area contributed by atoms with Crippen LogP contribution in [0.5, 0.6) is 0 Å². The lowest BCUT2D eigenvalue weighted by atomic mass is 10.3. The first kappa shape index (κ1) is 11.5. The van der Waals surface area contributed by atoms with Gasteiger partial charge in [-0.2, -0.15) is 0 Å². The van der Waals surface area contributed by atoms with Crippen LogP contribution >= 0.6 is 0 Å². The zero-order chi connectivity index (χ0) is 11.1. The zero-order valence-corrected chi connectivity index (χ0v) is 8.57. The van der Waals surface area contributed by atoms with E-state index in [-0.39, 0.29) is 13.2 Å². The van der Waals surface area contributed by atoms with E-state index in [0.717, 1.165) is 5.69 Å². The number of esters is 1. The van der Waals surface area contributed by atoms with Crippen molar-refractivity contribution in [3.63, 3.8) is 0 Å². The molecule has 15 heavy (non-hydrogen) atoms. The topological polar surface area (TPSA) is 38.3 Å². The molecular formula is C11H14FNO2. The Hall–Kier alpha value is -1.58. The number of ether oxygens (including phenoxy) is 1. The molecule has 1 unspecified atom stereocenters. The summed E-state index contributed by atoms with van der Waals surface area (Å²) in [5.74, 6) is -0.819. The Kier molecular flexibility index (Phi) is 4.60. The average molecular weight is 211 g/mol. The predicted molar refractivity (Wildman–Crippen MR) is 56.5 cm³/mol. The van der Waals surface area contributed by atoms with Gasteiger partial charge in [-0.05, 0) is 19.1 Å². The zero-order valence-electron chi connectivity index (χ0n) is 8.57. The molecule has 0 amide bonds. The Morgan fingerprint density at radius 3 is 2.73 bits per heavy atom. The van der Waals surface area contributed by atoms with Crippen molar-refractivity contribution in [3.8, 4) is 0 Å². The van der Waals surface area contributed by atoms with E-state index >= 15 is 0 Å². The van der Waals surface area contributed by atoms with Crippen molar-refractivity contribution in [2.45, 2.75) is 13.1 Å². The van der Waals surface area contributed by atoms with Crippen molar-refractivity contribution in [2.75, 3.05) is 18.5 Å². The molecule has 1 aromatic carbocycles. The number of anilines is 1. The fourth-order valence-corrected chi connectivity index (χ4v) is 1.08. The number of hydrogen-bond acceptors (Lipinski definition) is 3. The van der Waals surface area contributed by atoms with Crippen LogP contribution in [0.25, 0.3) is 0 Å². The molecule has 0 radical (unpaired) electrons. The summed E-state index contributed by atoms with van der Waals surface area (Å²) in [5.41, 5.74) is 0.782. The molecule has 1 aromatic rings. The Morgan fingerprint density at radius 2 is 2.13 bits per heavy atom. The van der Waals surface area contributed by atoms with Crippen LogP contribution in [0, 0.1) is 0 Å². The smallest absolute Gasteiger partial charge is 0.342 e. The van der Waals surface area contributed by atoms with Gasteiger partial charge in [-0.1, -0.05) is 18.2 Å². The molecule has 3 nitrogen and oxygen atoms in total. The van der Waals surface area contributed by atoms with Gasteiger partial charge >= 0.3 is 5.97 Å². The number of benzene rings is 1. The van der Waals surface area contributed by atoms with E-state index in [1.165, 1.54) is 0 Å². The summed E-state index contributed by atoms with van der Waals surface area (Å²) in [6, 6.07) is 9.14.